The van der Waals surface area contributed by atoms with Crippen LogP contribution in [0.2, 0.25) is 0 Å². The SMILES string of the molecule is Brc1ccc(Cc2nc(-c3ccc4ncccc4c3)c(-c3ccccn3)[nH]2)cc1. The lowest BCUT2D eigenvalue weighted by Gasteiger charge is -2.04. The third kappa shape index (κ3) is 3.69. The first kappa shape index (κ1) is 17.8. The minimum absolute atomic E-state index is 0.724. The molecule has 0 aliphatic heterocycles. The van der Waals surface area contributed by atoms with Crippen molar-refractivity contribution in [3.8, 4) is 22.6 Å². The van der Waals surface area contributed by atoms with Gasteiger partial charge in [-0.05, 0) is 48.0 Å². The summed E-state index contributed by atoms with van der Waals surface area (Å²) in [7, 11) is 0. The number of hydrogen-bond acceptors (Lipinski definition) is 3. The molecule has 0 spiro atoms. The first-order valence-corrected chi connectivity index (χ1v) is 10.2. The molecule has 0 saturated carbocycles. The molecule has 2 aromatic carbocycles. The van der Waals surface area contributed by atoms with Gasteiger partial charge in [-0.1, -0.05) is 46.3 Å². The van der Waals surface area contributed by atoms with E-state index < -0.39 is 0 Å². The number of aromatic amines is 1. The smallest absolute Gasteiger partial charge is 0.111 e. The highest BCUT2D eigenvalue weighted by molar-refractivity contribution is 9.10. The molecule has 5 rings (SSSR count). The molecular weight excluding hydrogens is 424 g/mol. The van der Waals surface area contributed by atoms with Gasteiger partial charge in [-0.15, -0.1) is 0 Å². The van der Waals surface area contributed by atoms with Gasteiger partial charge >= 0.3 is 0 Å². The fourth-order valence-corrected chi connectivity index (χ4v) is 3.69. The molecule has 0 unspecified atom stereocenters. The van der Waals surface area contributed by atoms with Crippen LogP contribution in [0.5, 0.6) is 0 Å². The Morgan fingerprint density at radius 1 is 0.828 bits per heavy atom. The Morgan fingerprint density at radius 2 is 1.69 bits per heavy atom. The van der Waals surface area contributed by atoms with Gasteiger partial charge in [0.1, 0.15) is 5.82 Å². The number of aromatic nitrogens is 4. The van der Waals surface area contributed by atoms with E-state index in [0.717, 1.165) is 50.3 Å². The largest absolute Gasteiger partial charge is 0.340 e. The average Bonchev–Trinajstić information content (AvgIpc) is 3.19. The maximum absolute atomic E-state index is 4.95. The van der Waals surface area contributed by atoms with Crippen LogP contribution in [-0.2, 0) is 6.42 Å². The molecule has 5 aromatic rings. The van der Waals surface area contributed by atoms with Crippen molar-refractivity contribution in [3.63, 3.8) is 0 Å². The molecule has 0 saturated heterocycles. The molecule has 140 valence electrons. The zero-order chi connectivity index (χ0) is 19.6. The summed E-state index contributed by atoms with van der Waals surface area (Å²) in [6, 6.07) is 24.5. The van der Waals surface area contributed by atoms with Gasteiger partial charge in [0.25, 0.3) is 0 Å². The summed E-state index contributed by atoms with van der Waals surface area (Å²) >= 11 is 3.49. The third-order valence-electron chi connectivity index (χ3n) is 4.84. The molecule has 3 heterocycles. The van der Waals surface area contributed by atoms with Crippen LogP contribution < -0.4 is 0 Å². The number of benzene rings is 2. The molecule has 0 aliphatic carbocycles. The lowest BCUT2D eigenvalue weighted by molar-refractivity contribution is 1.03. The molecule has 0 radical (unpaired) electrons. The number of H-pyrrole nitrogens is 1. The van der Waals surface area contributed by atoms with Crippen LogP contribution in [0.15, 0.2) is 89.7 Å². The van der Waals surface area contributed by atoms with Crippen molar-refractivity contribution < 1.29 is 0 Å². The summed E-state index contributed by atoms with van der Waals surface area (Å²) < 4.78 is 1.07. The number of nitrogens with one attached hydrogen (secondary N) is 1. The Labute approximate surface area is 176 Å². The second-order valence-electron chi connectivity index (χ2n) is 6.84. The molecule has 4 nitrogen and oxygen atoms in total. The lowest BCUT2D eigenvalue weighted by Crippen LogP contribution is -1.90. The summed E-state index contributed by atoms with van der Waals surface area (Å²) in [6.45, 7) is 0. The van der Waals surface area contributed by atoms with Crippen molar-refractivity contribution >= 4 is 26.8 Å². The Hall–Kier alpha value is -3.31. The first-order chi connectivity index (χ1) is 14.3. The van der Waals surface area contributed by atoms with Crippen molar-refractivity contribution in [2.45, 2.75) is 6.42 Å². The maximum atomic E-state index is 4.95. The van der Waals surface area contributed by atoms with E-state index in [4.69, 9.17) is 4.98 Å². The Balaban J connectivity index is 1.62. The number of rotatable bonds is 4. The standard InChI is InChI=1S/C24H17BrN4/c25-19-9-6-16(7-10-19)14-22-28-23(24(29-22)21-5-1-2-12-27-21)18-8-11-20-17(15-18)4-3-13-26-20/h1-13,15H,14H2,(H,28,29). The summed E-state index contributed by atoms with van der Waals surface area (Å²) in [5, 5.41) is 1.09. The third-order valence-corrected chi connectivity index (χ3v) is 5.36. The van der Waals surface area contributed by atoms with E-state index in [1.807, 2.05) is 36.5 Å². The molecule has 0 amide bonds. The van der Waals surface area contributed by atoms with Crippen molar-refractivity contribution in [2.75, 3.05) is 0 Å². The quantitative estimate of drug-likeness (QED) is 0.370. The molecule has 0 atom stereocenters. The second kappa shape index (κ2) is 7.60. The number of halogens is 1. The molecule has 0 aliphatic rings. The van der Waals surface area contributed by atoms with Crippen LogP contribution in [0.25, 0.3) is 33.5 Å². The highest BCUT2D eigenvalue weighted by atomic mass is 79.9. The summed E-state index contributed by atoms with van der Waals surface area (Å²) in [5.74, 6) is 0.911. The van der Waals surface area contributed by atoms with Gasteiger partial charge in [-0.25, -0.2) is 4.98 Å². The van der Waals surface area contributed by atoms with Crippen LogP contribution in [0.4, 0.5) is 0 Å². The van der Waals surface area contributed by atoms with Crippen LogP contribution >= 0.6 is 15.9 Å². The van der Waals surface area contributed by atoms with Gasteiger partial charge in [-0.2, -0.15) is 0 Å². The van der Waals surface area contributed by atoms with Crippen molar-refractivity contribution in [3.05, 3.63) is 101 Å². The van der Waals surface area contributed by atoms with E-state index in [0.29, 0.717) is 0 Å². The second-order valence-corrected chi connectivity index (χ2v) is 7.75. The van der Waals surface area contributed by atoms with Gasteiger partial charge in [-0.3, -0.25) is 9.97 Å². The fourth-order valence-electron chi connectivity index (χ4n) is 3.43. The normalized spacial score (nSPS) is 11.1. The minimum atomic E-state index is 0.724. The van der Waals surface area contributed by atoms with Crippen LogP contribution in [0, 0.1) is 0 Å². The van der Waals surface area contributed by atoms with Crippen LogP contribution in [-0.4, -0.2) is 19.9 Å². The molecule has 0 bridgehead atoms. The Morgan fingerprint density at radius 3 is 2.52 bits per heavy atom. The van der Waals surface area contributed by atoms with E-state index in [1.165, 1.54) is 5.56 Å². The molecule has 1 N–H and O–H groups in total. The number of pyridine rings is 2. The Bertz CT molecular complexity index is 1280. The molecule has 3 aromatic heterocycles. The predicted octanol–water partition coefficient (Wildman–Crippen LogP) is 6.04. The monoisotopic (exact) mass is 440 g/mol. The summed E-state index contributed by atoms with van der Waals surface area (Å²) in [6.07, 6.45) is 4.34. The number of imidazole rings is 1. The lowest BCUT2D eigenvalue weighted by atomic mass is 10.1. The van der Waals surface area contributed by atoms with E-state index in [1.54, 1.807) is 6.20 Å². The highest BCUT2D eigenvalue weighted by Gasteiger charge is 2.16. The van der Waals surface area contributed by atoms with Crippen LogP contribution in [0.3, 0.4) is 0 Å². The average molecular weight is 441 g/mol. The van der Waals surface area contributed by atoms with E-state index >= 15 is 0 Å². The molecular formula is C24H17BrN4. The maximum Gasteiger partial charge on any atom is 0.111 e. The fraction of sp³-hybridized carbons (Fsp3) is 0.0417. The van der Waals surface area contributed by atoms with Crippen molar-refractivity contribution in [1.82, 2.24) is 19.9 Å². The summed E-state index contributed by atoms with van der Waals surface area (Å²) in [5.41, 5.74) is 5.93. The van der Waals surface area contributed by atoms with Gasteiger partial charge < -0.3 is 4.98 Å². The number of nitrogens with zero attached hydrogens (tertiary/aromatic N) is 3. The first-order valence-electron chi connectivity index (χ1n) is 9.36. The van der Waals surface area contributed by atoms with Gasteiger partial charge in [0.2, 0.25) is 0 Å². The van der Waals surface area contributed by atoms with Crippen LogP contribution in [0.1, 0.15) is 11.4 Å². The van der Waals surface area contributed by atoms with Crippen molar-refractivity contribution in [2.24, 2.45) is 0 Å². The van der Waals surface area contributed by atoms with E-state index in [9.17, 15) is 0 Å². The number of fused-ring (bicyclic) bond motifs is 1. The predicted molar refractivity (Wildman–Crippen MR) is 120 cm³/mol. The van der Waals surface area contributed by atoms with Gasteiger partial charge in [0.05, 0.1) is 22.6 Å². The zero-order valence-electron chi connectivity index (χ0n) is 15.5. The van der Waals surface area contributed by atoms with Gasteiger partial charge in [0, 0.05) is 34.2 Å². The minimum Gasteiger partial charge on any atom is -0.340 e. The molecule has 29 heavy (non-hydrogen) atoms. The number of hydrogen-bond donors (Lipinski definition) is 1. The van der Waals surface area contributed by atoms with E-state index in [-0.39, 0.29) is 0 Å². The Kier molecular flexibility index (Phi) is 4.66. The molecule has 0 fully saturated rings. The highest BCUT2D eigenvalue weighted by Crippen LogP contribution is 2.31. The van der Waals surface area contributed by atoms with Crippen molar-refractivity contribution in [1.29, 1.82) is 0 Å². The van der Waals surface area contributed by atoms with E-state index in [2.05, 4.69) is 73.3 Å². The molecule has 5 heteroatoms. The zero-order valence-corrected chi connectivity index (χ0v) is 17.1. The summed E-state index contributed by atoms with van der Waals surface area (Å²) in [4.78, 5) is 17.4. The van der Waals surface area contributed by atoms with Gasteiger partial charge in [0.15, 0.2) is 0 Å². The topological polar surface area (TPSA) is 54.5 Å².